The molecule has 1 fully saturated rings. The number of nitrogens with zero attached hydrogens (tertiary/aromatic N) is 1. The number of aromatic nitrogens is 2. The second-order valence-electron chi connectivity index (χ2n) is 6.20. The minimum atomic E-state index is -0.111. The molecule has 7 heteroatoms. The van der Waals surface area contributed by atoms with Crippen molar-refractivity contribution in [2.24, 2.45) is 5.41 Å². The molecule has 0 aliphatic carbocycles. The average molecular weight is 380 g/mol. The number of H-pyrrole nitrogens is 1. The first-order valence-electron chi connectivity index (χ1n) is 7.16. The Morgan fingerprint density at radius 3 is 2.57 bits per heavy atom. The Morgan fingerprint density at radius 1 is 1.43 bits per heavy atom. The molecule has 2 rings (SSSR count). The van der Waals surface area contributed by atoms with Gasteiger partial charge in [-0.05, 0) is 53.2 Å². The number of carbonyl (C=O) groups excluding carboxylic acids is 1. The van der Waals surface area contributed by atoms with Gasteiger partial charge < -0.3 is 10.6 Å². The highest BCUT2D eigenvalue weighted by Gasteiger charge is 2.28. The predicted molar refractivity (Wildman–Crippen MR) is 90.2 cm³/mol. The van der Waals surface area contributed by atoms with Gasteiger partial charge in [0.15, 0.2) is 5.69 Å². The first kappa shape index (κ1) is 18.5. The van der Waals surface area contributed by atoms with Crippen molar-refractivity contribution in [3.63, 3.8) is 0 Å². The maximum atomic E-state index is 12.2. The van der Waals surface area contributed by atoms with E-state index in [0.29, 0.717) is 18.2 Å². The molecule has 0 unspecified atom stereocenters. The summed E-state index contributed by atoms with van der Waals surface area (Å²) in [5, 5.41) is 13.4. The van der Waals surface area contributed by atoms with Crippen LogP contribution in [0.15, 0.2) is 4.47 Å². The molecule has 1 aromatic heterocycles. The molecule has 1 aliphatic heterocycles. The van der Waals surface area contributed by atoms with Gasteiger partial charge in [0, 0.05) is 6.54 Å². The topological polar surface area (TPSA) is 69.8 Å². The standard InChI is InChI=1S/C14H23BrN4O.ClH/c1-9(2)11-10(15)12(19-18-11)13(20)17-8-14(3)4-6-16-7-5-14;/h9,16H,4-8H2,1-3H3,(H,17,20)(H,18,19);1H. The second-order valence-corrected chi connectivity index (χ2v) is 6.99. The van der Waals surface area contributed by atoms with Crippen LogP contribution in [0.25, 0.3) is 0 Å². The van der Waals surface area contributed by atoms with Crippen LogP contribution in [-0.2, 0) is 0 Å². The first-order chi connectivity index (χ1) is 9.43. The summed E-state index contributed by atoms with van der Waals surface area (Å²) < 4.78 is 0.778. The lowest BCUT2D eigenvalue weighted by molar-refractivity contribution is 0.0916. The molecule has 1 aliphatic rings. The maximum absolute atomic E-state index is 12.2. The molecule has 5 nitrogen and oxygen atoms in total. The molecule has 0 aromatic carbocycles. The number of hydrogen-bond donors (Lipinski definition) is 3. The zero-order valence-electron chi connectivity index (χ0n) is 12.8. The maximum Gasteiger partial charge on any atom is 0.272 e. The van der Waals surface area contributed by atoms with Crippen LogP contribution in [0.2, 0.25) is 0 Å². The Hall–Kier alpha value is -0.590. The van der Waals surface area contributed by atoms with Crippen molar-refractivity contribution in [1.29, 1.82) is 0 Å². The van der Waals surface area contributed by atoms with Gasteiger partial charge in [-0.1, -0.05) is 20.8 Å². The van der Waals surface area contributed by atoms with Crippen LogP contribution < -0.4 is 10.6 Å². The predicted octanol–water partition coefficient (Wildman–Crippen LogP) is 2.84. The third-order valence-corrected chi connectivity index (χ3v) is 4.81. The van der Waals surface area contributed by atoms with Gasteiger partial charge in [-0.3, -0.25) is 9.89 Å². The molecule has 3 N–H and O–H groups in total. The quantitative estimate of drug-likeness (QED) is 0.753. The summed E-state index contributed by atoms with van der Waals surface area (Å²) in [7, 11) is 0. The SMILES string of the molecule is CC(C)c1[nH]nc(C(=O)NCC2(C)CCNCC2)c1Br.Cl. The number of nitrogens with one attached hydrogen (secondary N) is 3. The fourth-order valence-electron chi connectivity index (χ4n) is 2.46. The van der Waals surface area contributed by atoms with Crippen LogP contribution >= 0.6 is 28.3 Å². The molecular weight excluding hydrogens is 356 g/mol. The summed E-state index contributed by atoms with van der Waals surface area (Å²) in [5.74, 6) is 0.195. The summed E-state index contributed by atoms with van der Waals surface area (Å²) in [6, 6.07) is 0. The number of rotatable bonds is 4. The molecule has 1 aromatic rings. The van der Waals surface area contributed by atoms with E-state index in [1.165, 1.54) is 0 Å². The summed E-state index contributed by atoms with van der Waals surface area (Å²) >= 11 is 3.47. The Bertz CT molecular complexity index is 483. The largest absolute Gasteiger partial charge is 0.350 e. The lowest BCUT2D eigenvalue weighted by atomic mass is 9.81. The molecule has 0 radical (unpaired) electrons. The summed E-state index contributed by atoms with van der Waals surface area (Å²) in [6.45, 7) is 9.11. The van der Waals surface area contributed by atoms with Gasteiger partial charge in [-0.25, -0.2) is 0 Å². The third-order valence-electron chi connectivity index (χ3n) is 4.01. The van der Waals surface area contributed by atoms with Crippen LogP contribution in [0, 0.1) is 5.41 Å². The van der Waals surface area contributed by atoms with Crippen molar-refractivity contribution in [3.05, 3.63) is 15.9 Å². The number of amides is 1. The molecule has 0 bridgehead atoms. The molecule has 1 amide bonds. The number of piperidine rings is 1. The zero-order chi connectivity index (χ0) is 14.8. The summed E-state index contributed by atoms with van der Waals surface area (Å²) in [5.41, 5.74) is 1.60. The minimum absolute atomic E-state index is 0. The summed E-state index contributed by atoms with van der Waals surface area (Å²) in [6.07, 6.45) is 2.18. The van der Waals surface area contributed by atoms with Gasteiger partial charge in [-0.2, -0.15) is 5.10 Å². The zero-order valence-corrected chi connectivity index (χ0v) is 15.2. The highest BCUT2D eigenvalue weighted by molar-refractivity contribution is 9.10. The summed E-state index contributed by atoms with van der Waals surface area (Å²) in [4.78, 5) is 12.2. The lowest BCUT2D eigenvalue weighted by Gasteiger charge is -2.34. The Kier molecular flexibility index (Phi) is 6.69. The number of aromatic amines is 1. The highest BCUT2D eigenvalue weighted by atomic mass is 79.9. The van der Waals surface area contributed by atoms with Crippen LogP contribution in [0.3, 0.4) is 0 Å². The van der Waals surface area contributed by atoms with Crippen LogP contribution in [0.4, 0.5) is 0 Å². The monoisotopic (exact) mass is 378 g/mol. The Labute approximate surface area is 140 Å². The molecule has 0 saturated carbocycles. The molecule has 1 saturated heterocycles. The average Bonchev–Trinajstić information content (AvgIpc) is 2.79. The van der Waals surface area contributed by atoms with Gasteiger partial charge in [0.2, 0.25) is 0 Å². The van der Waals surface area contributed by atoms with Crippen molar-refractivity contribution in [3.8, 4) is 0 Å². The van der Waals surface area contributed by atoms with Gasteiger partial charge in [-0.15, -0.1) is 12.4 Å². The van der Waals surface area contributed by atoms with Crippen LogP contribution in [0.1, 0.15) is 55.7 Å². The Morgan fingerprint density at radius 2 is 2.05 bits per heavy atom. The van der Waals surface area contributed by atoms with E-state index in [9.17, 15) is 4.79 Å². The normalized spacial score (nSPS) is 17.4. The van der Waals surface area contributed by atoms with E-state index in [-0.39, 0.29) is 23.7 Å². The van der Waals surface area contributed by atoms with Crippen molar-refractivity contribution in [1.82, 2.24) is 20.8 Å². The lowest BCUT2D eigenvalue weighted by Crippen LogP contribution is -2.43. The number of halogens is 2. The van der Waals surface area contributed by atoms with Crippen LogP contribution in [-0.4, -0.2) is 35.7 Å². The highest BCUT2D eigenvalue weighted by Crippen LogP contribution is 2.28. The van der Waals surface area contributed by atoms with E-state index in [2.05, 4.69) is 57.5 Å². The molecular formula is C14H24BrClN4O. The molecule has 21 heavy (non-hydrogen) atoms. The van der Waals surface area contributed by atoms with E-state index in [4.69, 9.17) is 0 Å². The van der Waals surface area contributed by atoms with Gasteiger partial charge in [0.05, 0.1) is 10.2 Å². The van der Waals surface area contributed by atoms with E-state index >= 15 is 0 Å². The third kappa shape index (κ3) is 4.44. The van der Waals surface area contributed by atoms with Crippen molar-refractivity contribution < 1.29 is 4.79 Å². The molecule has 120 valence electrons. The van der Waals surface area contributed by atoms with E-state index < -0.39 is 0 Å². The van der Waals surface area contributed by atoms with Crippen molar-refractivity contribution in [2.75, 3.05) is 19.6 Å². The fourth-order valence-corrected chi connectivity index (χ4v) is 3.27. The molecule has 0 atom stereocenters. The van der Waals surface area contributed by atoms with Crippen LogP contribution in [0.5, 0.6) is 0 Å². The molecule has 0 spiro atoms. The first-order valence-corrected chi connectivity index (χ1v) is 7.95. The second kappa shape index (κ2) is 7.61. The van der Waals surface area contributed by atoms with E-state index in [1.54, 1.807) is 0 Å². The van der Waals surface area contributed by atoms with Crippen molar-refractivity contribution >= 4 is 34.2 Å². The molecule has 2 heterocycles. The van der Waals surface area contributed by atoms with Gasteiger partial charge >= 0.3 is 0 Å². The Balaban J connectivity index is 0.00000220. The van der Waals surface area contributed by atoms with E-state index in [0.717, 1.165) is 36.1 Å². The smallest absolute Gasteiger partial charge is 0.272 e. The number of carbonyl (C=O) groups is 1. The minimum Gasteiger partial charge on any atom is -0.350 e. The van der Waals surface area contributed by atoms with Gasteiger partial charge in [0.1, 0.15) is 0 Å². The van der Waals surface area contributed by atoms with Crippen molar-refractivity contribution in [2.45, 2.75) is 39.5 Å². The number of hydrogen-bond acceptors (Lipinski definition) is 3. The van der Waals surface area contributed by atoms with E-state index in [1.807, 2.05) is 0 Å². The fraction of sp³-hybridized carbons (Fsp3) is 0.714. The van der Waals surface area contributed by atoms with Gasteiger partial charge in [0.25, 0.3) is 5.91 Å².